The SMILES string of the molecule is Cc1cccc2c3c(ccc12)C1=C(CCC=C1)CC3N. The summed E-state index contributed by atoms with van der Waals surface area (Å²) in [5.41, 5.74) is 13.5. The van der Waals surface area contributed by atoms with Crippen molar-refractivity contribution in [2.75, 3.05) is 0 Å². The molecule has 0 heterocycles. The molecule has 0 saturated heterocycles. The molecule has 2 aliphatic rings. The molecule has 0 spiro atoms. The molecule has 1 unspecified atom stereocenters. The highest BCUT2D eigenvalue weighted by atomic mass is 14.6. The van der Waals surface area contributed by atoms with Gasteiger partial charge in [0.1, 0.15) is 0 Å². The zero-order valence-corrected chi connectivity index (χ0v) is 11.8. The summed E-state index contributed by atoms with van der Waals surface area (Å²) in [7, 11) is 0. The van der Waals surface area contributed by atoms with Crippen LogP contribution in [0.5, 0.6) is 0 Å². The van der Waals surface area contributed by atoms with E-state index in [-0.39, 0.29) is 6.04 Å². The van der Waals surface area contributed by atoms with E-state index in [4.69, 9.17) is 5.73 Å². The average Bonchev–Trinajstić information content (AvgIpc) is 2.47. The quantitative estimate of drug-likeness (QED) is 0.733. The molecule has 4 rings (SSSR count). The number of rotatable bonds is 0. The molecule has 0 bridgehead atoms. The monoisotopic (exact) mass is 261 g/mol. The minimum absolute atomic E-state index is 0.140. The summed E-state index contributed by atoms with van der Waals surface area (Å²) >= 11 is 0. The first-order valence-corrected chi connectivity index (χ1v) is 7.42. The van der Waals surface area contributed by atoms with Gasteiger partial charge in [-0.05, 0) is 59.2 Å². The fraction of sp³-hybridized carbons (Fsp3) is 0.263. The first kappa shape index (κ1) is 11.9. The van der Waals surface area contributed by atoms with Gasteiger partial charge < -0.3 is 5.73 Å². The Kier molecular flexibility index (Phi) is 2.58. The number of hydrogen-bond acceptors (Lipinski definition) is 1. The van der Waals surface area contributed by atoms with Gasteiger partial charge in [0.15, 0.2) is 0 Å². The second kappa shape index (κ2) is 4.32. The molecule has 0 fully saturated rings. The van der Waals surface area contributed by atoms with E-state index in [0.29, 0.717) is 0 Å². The van der Waals surface area contributed by atoms with Gasteiger partial charge in [0.25, 0.3) is 0 Å². The van der Waals surface area contributed by atoms with E-state index in [9.17, 15) is 0 Å². The summed E-state index contributed by atoms with van der Waals surface area (Å²) in [6.45, 7) is 2.17. The number of benzene rings is 2. The van der Waals surface area contributed by atoms with Crippen molar-refractivity contribution in [2.24, 2.45) is 5.73 Å². The summed E-state index contributed by atoms with van der Waals surface area (Å²) in [5, 5.41) is 2.67. The van der Waals surface area contributed by atoms with Crippen LogP contribution in [0.1, 0.15) is 42.0 Å². The predicted molar refractivity (Wildman–Crippen MR) is 85.5 cm³/mol. The van der Waals surface area contributed by atoms with Gasteiger partial charge in [0.2, 0.25) is 0 Å². The number of nitrogens with two attached hydrogens (primary N) is 1. The van der Waals surface area contributed by atoms with Crippen molar-refractivity contribution in [1.82, 2.24) is 0 Å². The first-order chi connectivity index (χ1) is 9.75. The van der Waals surface area contributed by atoms with Crippen LogP contribution in [0, 0.1) is 6.92 Å². The Labute approximate surface area is 119 Å². The van der Waals surface area contributed by atoms with Crippen molar-refractivity contribution < 1.29 is 0 Å². The van der Waals surface area contributed by atoms with Crippen LogP contribution in [0.3, 0.4) is 0 Å². The molecule has 1 heteroatoms. The van der Waals surface area contributed by atoms with E-state index in [1.54, 1.807) is 5.57 Å². The molecule has 0 aliphatic heterocycles. The number of aryl methyl sites for hydroxylation is 1. The van der Waals surface area contributed by atoms with Gasteiger partial charge in [-0.2, -0.15) is 0 Å². The van der Waals surface area contributed by atoms with Gasteiger partial charge in [-0.25, -0.2) is 0 Å². The Morgan fingerprint density at radius 1 is 1.10 bits per heavy atom. The highest BCUT2D eigenvalue weighted by molar-refractivity contribution is 5.95. The highest BCUT2D eigenvalue weighted by Gasteiger charge is 2.25. The Morgan fingerprint density at radius 3 is 2.90 bits per heavy atom. The smallest absolute Gasteiger partial charge is 0.0345 e. The third kappa shape index (κ3) is 1.60. The summed E-state index contributed by atoms with van der Waals surface area (Å²) in [5.74, 6) is 0. The topological polar surface area (TPSA) is 26.0 Å². The molecular weight excluding hydrogens is 242 g/mol. The van der Waals surface area contributed by atoms with Gasteiger partial charge in [0, 0.05) is 6.04 Å². The average molecular weight is 261 g/mol. The first-order valence-electron chi connectivity index (χ1n) is 7.42. The number of fused-ring (bicyclic) bond motifs is 4. The highest BCUT2D eigenvalue weighted by Crippen LogP contribution is 2.43. The Bertz CT molecular complexity index is 765. The van der Waals surface area contributed by atoms with Crippen molar-refractivity contribution in [2.45, 2.75) is 32.2 Å². The van der Waals surface area contributed by atoms with Crippen molar-refractivity contribution in [1.29, 1.82) is 0 Å². The molecule has 0 saturated carbocycles. The summed E-state index contributed by atoms with van der Waals surface area (Å²) in [6, 6.07) is 11.2. The lowest BCUT2D eigenvalue weighted by Crippen LogP contribution is -2.19. The Hall–Kier alpha value is -1.86. The normalized spacial score (nSPS) is 21.0. The molecular formula is C19H19N. The number of hydrogen-bond donors (Lipinski definition) is 1. The van der Waals surface area contributed by atoms with Crippen LogP contribution in [0.15, 0.2) is 48.1 Å². The summed E-state index contributed by atoms with van der Waals surface area (Å²) < 4.78 is 0. The molecule has 20 heavy (non-hydrogen) atoms. The number of allylic oxidation sites excluding steroid dienone is 3. The van der Waals surface area contributed by atoms with Gasteiger partial charge in [-0.3, -0.25) is 0 Å². The largest absolute Gasteiger partial charge is 0.324 e. The maximum absolute atomic E-state index is 6.51. The minimum Gasteiger partial charge on any atom is -0.324 e. The van der Waals surface area contributed by atoms with E-state index in [1.807, 2.05) is 0 Å². The Balaban J connectivity index is 2.07. The molecule has 2 aromatic carbocycles. The lowest BCUT2D eigenvalue weighted by Gasteiger charge is -2.30. The zero-order chi connectivity index (χ0) is 13.7. The Morgan fingerprint density at radius 2 is 2.00 bits per heavy atom. The van der Waals surface area contributed by atoms with E-state index >= 15 is 0 Å². The predicted octanol–water partition coefficient (Wildman–Crippen LogP) is 4.66. The molecule has 1 atom stereocenters. The molecule has 2 N–H and O–H groups in total. The van der Waals surface area contributed by atoms with Gasteiger partial charge in [-0.15, -0.1) is 0 Å². The van der Waals surface area contributed by atoms with E-state index in [1.165, 1.54) is 39.5 Å². The third-order valence-corrected chi connectivity index (χ3v) is 4.73. The lowest BCUT2D eigenvalue weighted by atomic mass is 9.77. The maximum Gasteiger partial charge on any atom is 0.0345 e. The zero-order valence-electron chi connectivity index (χ0n) is 11.8. The summed E-state index contributed by atoms with van der Waals surface area (Å²) in [4.78, 5) is 0. The lowest BCUT2D eigenvalue weighted by molar-refractivity contribution is 0.682. The second-order valence-electron chi connectivity index (χ2n) is 5.97. The maximum atomic E-state index is 6.51. The molecule has 100 valence electrons. The molecule has 1 nitrogen and oxygen atoms in total. The fourth-order valence-electron chi connectivity index (χ4n) is 3.74. The molecule has 0 radical (unpaired) electrons. The van der Waals surface area contributed by atoms with Crippen LogP contribution in [-0.4, -0.2) is 0 Å². The van der Waals surface area contributed by atoms with Crippen molar-refractivity contribution in [3.05, 3.63) is 64.7 Å². The van der Waals surface area contributed by atoms with Crippen molar-refractivity contribution in [3.63, 3.8) is 0 Å². The minimum atomic E-state index is 0.140. The molecule has 2 aliphatic carbocycles. The van der Waals surface area contributed by atoms with Gasteiger partial charge >= 0.3 is 0 Å². The fourth-order valence-corrected chi connectivity index (χ4v) is 3.74. The molecule has 2 aromatic rings. The molecule has 0 amide bonds. The standard InChI is InChI=1S/C19H19N/c1-12-5-4-8-16-14(12)9-10-17-15-7-3-2-6-13(15)11-18(20)19(16)17/h3-5,7-10,18H,2,6,11,20H2,1H3. The van der Waals surface area contributed by atoms with Gasteiger partial charge in [0.05, 0.1) is 0 Å². The van der Waals surface area contributed by atoms with E-state index in [2.05, 4.69) is 49.4 Å². The van der Waals surface area contributed by atoms with Crippen LogP contribution in [0.2, 0.25) is 0 Å². The third-order valence-electron chi connectivity index (χ3n) is 4.73. The summed E-state index contributed by atoms with van der Waals surface area (Å²) in [6.07, 6.45) is 7.93. The van der Waals surface area contributed by atoms with Crippen LogP contribution >= 0.6 is 0 Å². The van der Waals surface area contributed by atoms with E-state index in [0.717, 1.165) is 12.8 Å². The van der Waals surface area contributed by atoms with E-state index < -0.39 is 0 Å². The van der Waals surface area contributed by atoms with Crippen LogP contribution in [0.4, 0.5) is 0 Å². The van der Waals surface area contributed by atoms with Crippen molar-refractivity contribution in [3.8, 4) is 0 Å². The van der Waals surface area contributed by atoms with Gasteiger partial charge in [-0.1, -0.05) is 48.1 Å². The second-order valence-corrected chi connectivity index (χ2v) is 5.97. The van der Waals surface area contributed by atoms with Crippen molar-refractivity contribution >= 4 is 16.3 Å². The van der Waals surface area contributed by atoms with Crippen LogP contribution < -0.4 is 5.73 Å². The van der Waals surface area contributed by atoms with Crippen LogP contribution in [-0.2, 0) is 0 Å². The molecule has 0 aromatic heterocycles. The van der Waals surface area contributed by atoms with Crippen LogP contribution in [0.25, 0.3) is 16.3 Å².